The van der Waals surface area contributed by atoms with E-state index in [4.69, 9.17) is 0 Å². The normalized spacial score (nSPS) is 13.7. The summed E-state index contributed by atoms with van der Waals surface area (Å²) < 4.78 is 27.4. The lowest BCUT2D eigenvalue weighted by atomic mass is 10.1. The zero-order valence-corrected chi connectivity index (χ0v) is 19.8. The van der Waals surface area contributed by atoms with Gasteiger partial charge in [-0.2, -0.15) is 0 Å². The van der Waals surface area contributed by atoms with Gasteiger partial charge in [-0.3, -0.25) is 9.10 Å². The Bertz CT molecular complexity index is 1220. The Morgan fingerprint density at radius 3 is 2.30 bits per heavy atom. The summed E-state index contributed by atoms with van der Waals surface area (Å²) in [5.41, 5.74) is 4.12. The first-order chi connectivity index (χ1) is 15.8. The summed E-state index contributed by atoms with van der Waals surface area (Å²) in [7, 11) is -2.28. The second-order valence-corrected chi connectivity index (χ2v) is 10.3. The van der Waals surface area contributed by atoms with E-state index in [1.54, 1.807) is 24.3 Å². The van der Waals surface area contributed by atoms with Gasteiger partial charge >= 0.3 is 0 Å². The molecule has 0 saturated carbocycles. The maximum absolute atomic E-state index is 13.1. The molecule has 1 fully saturated rings. The van der Waals surface area contributed by atoms with E-state index < -0.39 is 10.0 Å². The number of aryl methyl sites for hydroxylation is 1. The van der Waals surface area contributed by atoms with Gasteiger partial charge in [-0.1, -0.05) is 35.9 Å². The highest BCUT2D eigenvalue weighted by Crippen LogP contribution is 2.23. The van der Waals surface area contributed by atoms with Gasteiger partial charge in [0.1, 0.15) is 0 Å². The first-order valence-electron chi connectivity index (χ1n) is 11.1. The van der Waals surface area contributed by atoms with Gasteiger partial charge in [0.25, 0.3) is 15.9 Å². The molecule has 1 heterocycles. The minimum Gasteiger partial charge on any atom is -0.372 e. The Morgan fingerprint density at radius 1 is 0.970 bits per heavy atom. The van der Waals surface area contributed by atoms with Crippen LogP contribution in [0.2, 0.25) is 0 Å². The van der Waals surface area contributed by atoms with E-state index in [-0.39, 0.29) is 10.8 Å². The molecular weight excluding hydrogens is 434 g/mol. The fourth-order valence-corrected chi connectivity index (χ4v) is 5.18. The lowest BCUT2D eigenvalue weighted by Gasteiger charge is -2.20. The highest BCUT2D eigenvalue weighted by Gasteiger charge is 2.22. The summed E-state index contributed by atoms with van der Waals surface area (Å²) in [6.07, 6.45) is 2.46. The number of carbonyl (C=O) groups is 1. The highest BCUT2D eigenvalue weighted by atomic mass is 32.2. The number of amides is 1. The van der Waals surface area contributed by atoms with E-state index in [0.717, 1.165) is 24.2 Å². The number of hydrogen-bond acceptors (Lipinski definition) is 4. The third-order valence-corrected chi connectivity index (χ3v) is 7.79. The minimum absolute atomic E-state index is 0.0770. The largest absolute Gasteiger partial charge is 0.372 e. The van der Waals surface area contributed by atoms with Gasteiger partial charge in [0.2, 0.25) is 0 Å². The number of carbonyl (C=O) groups excluding carboxylic acids is 1. The van der Waals surface area contributed by atoms with Crippen LogP contribution in [0.1, 0.15) is 34.3 Å². The Kier molecular flexibility index (Phi) is 6.70. The van der Waals surface area contributed by atoms with Crippen LogP contribution >= 0.6 is 0 Å². The van der Waals surface area contributed by atoms with E-state index >= 15 is 0 Å². The number of anilines is 2. The molecule has 3 aromatic carbocycles. The molecular formula is C26H29N3O3S. The molecule has 0 atom stereocenters. The predicted molar refractivity (Wildman–Crippen MR) is 132 cm³/mol. The SMILES string of the molecule is Cc1ccc(N(C)S(=O)(=O)c2cccc(C(=O)NCc3ccc(N4CCCC4)cc3)c2)cc1. The van der Waals surface area contributed by atoms with Crippen LogP contribution in [0.3, 0.4) is 0 Å². The molecule has 1 aliphatic rings. The van der Waals surface area contributed by atoms with E-state index in [1.165, 1.54) is 42.0 Å². The Balaban J connectivity index is 1.43. The van der Waals surface area contributed by atoms with Gasteiger partial charge in [-0.05, 0) is 67.8 Å². The zero-order chi connectivity index (χ0) is 23.4. The van der Waals surface area contributed by atoms with Crippen LogP contribution in [0.25, 0.3) is 0 Å². The second kappa shape index (κ2) is 9.67. The van der Waals surface area contributed by atoms with Gasteiger partial charge < -0.3 is 10.2 Å². The summed E-state index contributed by atoms with van der Waals surface area (Å²) in [6.45, 7) is 4.50. The van der Waals surface area contributed by atoms with Gasteiger partial charge in [0.05, 0.1) is 10.6 Å². The van der Waals surface area contributed by atoms with Crippen molar-refractivity contribution in [1.29, 1.82) is 0 Å². The first kappa shape index (κ1) is 22.9. The minimum atomic E-state index is -3.79. The van der Waals surface area contributed by atoms with Crippen LogP contribution in [0.15, 0.2) is 77.7 Å². The van der Waals surface area contributed by atoms with Gasteiger partial charge in [0.15, 0.2) is 0 Å². The Morgan fingerprint density at radius 2 is 1.64 bits per heavy atom. The van der Waals surface area contributed by atoms with E-state index in [1.807, 2.05) is 31.2 Å². The van der Waals surface area contributed by atoms with Gasteiger partial charge in [0, 0.05) is 37.9 Å². The number of nitrogens with zero attached hydrogens (tertiary/aromatic N) is 2. The zero-order valence-electron chi connectivity index (χ0n) is 19.0. The fraction of sp³-hybridized carbons (Fsp3) is 0.269. The summed E-state index contributed by atoms with van der Waals surface area (Å²) in [4.78, 5) is 15.2. The monoisotopic (exact) mass is 463 g/mol. The Labute approximate surface area is 195 Å². The number of sulfonamides is 1. The third kappa shape index (κ3) is 5.20. The summed E-state index contributed by atoms with van der Waals surface area (Å²) in [5, 5.41) is 2.89. The summed E-state index contributed by atoms with van der Waals surface area (Å²) in [5.74, 6) is -0.311. The van der Waals surface area contributed by atoms with Crippen molar-refractivity contribution < 1.29 is 13.2 Å². The van der Waals surface area contributed by atoms with Gasteiger partial charge in [-0.25, -0.2) is 8.42 Å². The standard InChI is InChI=1S/C26H29N3O3S/c1-20-8-12-23(13-9-20)28(2)33(31,32)25-7-5-6-22(18-25)26(30)27-19-21-10-14-24(15-11-21)29-16-3-4-17-29/h5-15,18H,3-4,16-17,19H2,1-2H3,(H,27,30). The number of nitrogens with one attached hydrogen (secondary N) is 1. The smallest absolute Gasteiger partial charge is 0.264 e. The van der Waals surface area contributed by atoms with Crippen molar-refractivity contribution in [3.8, 4) is 0 Å². The molecule has 1 aliphatic heterocycles. The van der Waals surface area contributed by atoms with Crippen molar-refractivity contribution in [2.24, 2.45) is 0 Å². The molecule has 3 aromatic rings. The van der Waals surface area contributed by atoms with E-state index in [0.29, 0.717) is 17.8 Å². The average molecular weight is 464 g/mol. The maximum Gasteiger partial charge on any atom is 0.264 e. The molecule has 0 radical (unpaired) electrons. The van der Waals surface area contributed by atoms with Gasteiger partial charge in [-0.15, -0.1) is 0 Å². The van der Waals surface area contributed by atoms with Crippen LogP contribution in [0.5, 0.6) is 0 Å². The van der Waals surface area contributed by atoms with Crippen LogP contribution < -0.4 is 14.5 Å². The first-order valence-corrected chi connectivity index (χ1v) is 12.6. The Hall–Kier alpha value is -3.32. The van der Waals surface area contributed by atoms with Crippen molar-refractivity contribution >= 4 is 27.3 Å². The molecule has 7 heteroatoms. The van der Waals surface area contributed by atoms with Crippen molar-refractivity contribution in [3.63, 3.8) is 0 Å². The highest BCUT2D eigenvalue weighted by molar-refractivity contribution is 7.92. The molecule has 1 amide bonds. The number of rotatable bonds is 7. The maximum atomic E-state index is 13.1. The molecule has 172 valence electrons. The van der Waals surface area contributed by atoms with Crippen molar-refractivity contribution in [2.45, 2.75) is 31.2 Å². The second-order valence-electron chi connectivity index (χ2n) is 8.38. The van der Waals surface area contributed by atoms with Crippen LogP contribution in [0.4, 0.5) is 11.4 Å². The molecule has 6 nitrogen and oxygen atoms in total. The molecule has 0 aromatic heterocycles. The number of hydrogen-bond donors (Lipinski definition) is 1. The quantitative estimate of drug-likeness (QED) is 0.566. The van der Waals surface area contributed by atoms with Crippen molar-refractivity contribution in [1.82, 2.24) is 5.32 Å². The van der Waals surface area contributed by atoms with Crippen LogP contribution in [-0.2, 0) is 16.6 Å². The molecule has 0 unspecified atom stereocenters. The third-order valence-electron chi connectivity index (χ3n) is 6.01. The molecule has 33 heavy (non-hydrogen) atoms. The summed E-state index contributed by atoms with van der Waals surface area (Å²) in [6, 6.07) is 21.6. The molecule has 0 bridgehead atoms. The van der Waals surface area contributed by atoms with Crippen molar-refractivity contribution in [2.75, 3.05) is 29.3 Å². The van der Waals surface area contributed by atoms with Crippen molar-refractivity contribution in [3.05, 3.63) is 89.5 Å². The molecule has 4 rings (SSSR count). The van der Waals surface area contributed by atoms with Crippen LogP contribution in [-0.4, -0.2) is 34.5 Å². The number of benzene rings is 3. The predicted octanol–water partition coefficient (Wildman–Crippen LogP) is 4.35. The lowest BCUT2D eigenvalue weighted by Crippen LogP contribution is -2.27. The lowest BCUT2D eigenvalue weighted by molar-refractivity contribution is 0.0950. The molecule has 1 N–H and O–H groups in total. The summed E-state index contributed by atoms with van der Waals surface area (Å²) >= 11 is 0. The topological polar surface area (TPSA) is 69.7 Å². The van der Waals surface area contributed by atoms with Crippen LogP contribution in [0, 0.1) is 6.92 Å². The van der Waals surface area contributed by atoms with E-state index in [2.05, 4.69) is 22.3 Å². The van der Waals surface area contributed by atoms with E-state index in [9.17, 15) is 13.2 Å². The molecule has 1 saturated heterocycles. The molecule has 0 aliphatic carbocycles. The fourth-order valence-electron chi connectivity index (χ4n) is 3.93. The molecule has 0 spiro atoms. The average Bonchev–Trinajstić information content (AvgIpc) is 3.38.